The summed E-state index contributed by atoms with van der Waals surface area (Å²) in [7, 11) is 0. The Hall–Kier alpha value is -0.940. The normalized spacial score (nSPS) is 11.8. The minimum atomic E-state index is 1.24. The van der Waals surface area contributed by atoms with E-state index in [1.165, 1.54) is 222 Å². The summed E-state index contributed by atoms with van der Waals surface area (Å²) in [6, 6.07) is 9.79. The maximum atomic E-state index is 2.50. The molecule has 0 saturated carbocycles. The molecule has 0 aliphatic heterocycles. The van der Waals surface area contributed by atoms with Crippen LogP contribution in [0.3, 0.4) is 0 Å². The molecule has 0 bridgehead atoms. The predicted octanol–water partition coefficient (Wildman–Crippen LogP) is 18.5. The minimum Gasteiger partial charge on any atom is -0.143 e. The molecule has 4 aromatic heterocycles. The van der Waals surface area contributed by atoms with E-state index in [4.69, 9.17) is 0 Å². The van der Waals surface area contributed by atoms with Gasteiger partial charge in [0.1, 0.15) is 0 Å². The van der Waals surface area contributed by atoms with Crippen molar-refractivity contribution in [1.82, 2.24) is 0 Å². The van der Waals surface area contributed by atoms with E-state index in [1.807, 2.05) is 45.3 Å². The molecule has 0 unspecified atom stereocenters. The van der Waals surface area contributed by atoms with Gasteiger partial charge in [0.05, 0.1) is 0 Å². The lowest BCUT2D eigenvalue weighted by Crippen LogP contribution is -1.87. The predicted molar refractivity (Wildman–Crippen MR) is 234 cm³/mol. The van der Waals surface area contributed by atoms with Crippen molar-refractivity contribution in [2.75, 3.05) is 0 Å². The molecule has 0 saturated heterocycles. The second kappa shape index (κ2) is 26.8. The van der Waals surface area contributed by atoms with Crippen molar-refractivity contribution in [2.24, 2.45) is 0 Å². The number of fused-ring (bicyclic) bond motifs is 1. The van der Waals surface area contributed by atoms with E-state index in [1.54, 1.807) is 11.1 Å². The number of aryl methyl sites for hydroxylation is 2. The Morgan fingerprint density at radius 1 is 0.360 bits per heavy atom. The van der Waals surface area contributed by atoms with Crippen molar-refractivity contribution < 1.29 is 0 Å². The standard InChI is InChI=1S/C46H72S4/c1-3-5-7-9-11-13-15-17-19-21-23-25-27-29-31-39-33-35-47-45(39)43-37-41-42(49-43)38-44(50-41)46-40(34-36-48-46)32-30-28-26-24-22-20-18-16-14-12-10-8-6-4-2/h33-38H,3-32H2,1-2H3. The number of rotatable bonds is 32. The topological polar surface area (TPSA) is 0 Å². The van der Waals surface area contributed by atoms with Gasteiger partial charge in [-0.2, -0.15) is 0 Å². The number of hydrogen-bond donors (Lipinski definition) is 0. The molecule has 0 spiro atoms. The highest BCUT2D eigenvalue weighted by Gasteiger charge is 2.16. The van der Waals surface area contributed by atoms with Crippen LogP contribution in [0.25, 0.3) is 28.9 Å². The van der Waals surface area contributed by atoms with Gasteiger partial charge < -0.3 is 0 Å². The van der Waals surface area contributed by atoms with E-state index in [9.17, 15) is 0 Å². The molecule has 50 heavy (non-hydrogen) atoms. The van der Waals surface area contributed by atoms with Crippen molar-refractivity contribution in [2.45, 2.75) is 206 Å². The monoisotopic (exact) mass is 752 g/mol. The Morgan fingerprint density at radius 2 is 0.640 bits per heavy atom. The molecule has 0 aromatic carbocycles. The third-order valence-electron chi connectivity index (χ3n) is 10.7. The van der Waals surface area contributed by atoms with Crippen molar-refractivity contribution >= 4 is 54.7 Å². The van der Waals surface area contributed by atoms with Crippen LogP contribution in [-0.2, 0) is 12.8 Å². The highest BCUT2D eigenvalue weighted by Crippen LogP contribution is 2.46. The molecule has 0 fully saturated rings. The largest absolute Gasteiger partial charge is 0.143 e. The van der Waals surface area contributed by atoms with Crippen LogP contribution < -0.4 is 0 Å². The van der Waals surface area contributed by atoms with Gasteiger partial charge in [0.2, 0.25) is 0 Å². The van der Waals surface area contributed by atoms with Crippen molar-refractivity contribution in [3.8, 4) is 19.5 Å². The highest BCUT2D eigenvalue weighted by atomic mass is 32.1. The summed E-state index contributed by atoms with van der Waals surface area (Å²) in [6.07, 6.45) is 42.5. The van der Waals surface area contributed by atoms with Gasteiger partial charge in [0.25, 0.3) is 0 Å². The molecule has 4 heterocycles. The molecule has 4 heteroatoms. The molecular formula is C46H72S4. The van der Waals surface area contributed by atoms with Gasteiger partial charge in [0.15, 0.2) is 0 Å². The van der Waals surface area contributed by atoms with Crippen molar-refractivity contribution in [3.63, 3.8) is 0 Å². The molecule has 4 aromatic rings. The summed E-state index contributed by atoms with van der Waals surface area (Å²) in [5.74, 6) is 0. The molecule has 0 N–H and O–H groups in total. The Balaban J connectivity index is 1.08. The third-order valence-corrected chi connectivity index (χ3v) is 15.3. The summed E-state index contributed by atoms with van der Waals surface area (Å²) in [4.78, 5) is 6.04. The second-order valence-corrected chi connectivity index (χ2v) is 19.2. The van der Waals surface area contributed by atoms with E-state index in [0.29, 0.717) is 0 Å². The lowest BCUT2D eigenvalue weighted by molar-refractivity contribution is 0.535. The van der Waals surface area contributed by atoms with Gasteiger partial charge in [-0.15, -0.1) is 45.3 Å². The summed E-state index contributed by atoms with van der Waals surface area (Å²) >= 11 is 7.94. The quantitative estimate of drug-likeness (QED) is 0.0436. The summed E-state index contributed by atoms with van der Waals surface area (Å²) in [5, 5.41) is 4.64. The summed E-state index contributed by atoms with van der Waals surface area (Å²) in [6.45, 7) is 4.61. The van der Waals surface area contributed by atoms with Crippen LogP contribution >= 0.6 is 45.3 Å². The Bertz CT molecular complexity index is 1230. The Morgan fingerprint density at radius 3 is 0.940 bits per heavy atom. The Kier molecular flexibility index (Phi) is 22.4. The van der Waals surface area contributed by atoms with Crippen LogP contribution in [0, 0.1) is 0 Å². The van der Waals surface area contributed by atoms with E-state index < -0.39 is 0 Å². The van der Waals surface area contributed by atoms with Gasteiger partial charge >= 0.3 is 0 Å². The first-order valence-electron chi connectivity index (χ1n) is 21.5. The fourth-order valence-electron chi connectivity index (χ4n) is 7.58. The molecule has 0 atom stereocenters. The lowest BCUT2D eigenvalue weighted by atomic mass is 10.0. The van der Waals surface area contributed by atoms with E-state index >= 15 is 0 Å². The molecule has 0 aliphatic rings. The fraction of sp³-hybridized carbons (Fsp3) is 0.696. The zero-order valence-corrected chi connectivity index (χ0v) is 35.6. The first-order valence-corrected chi connectivity index (χ1v) is 24.9. The molecular weight excluding hydrogens is 681 g/mol. The number of unbranched alkanes of at least 4 members (excludes halogenated alkanes) is 26. The lowest BCUT2D eigenvalue weighted by Gasteiger charge is -2.05. The van der Waals surface area contributed by atoms with Crippen molar-refractivity contribution in [3.05, 3.63) is 46.2 Å². The fourth-order valence-corrected chi connectivity index (χ4v) is 12.2. The Labute approximate surface area is 324 Å². The number of hydrogen-bond acceptors (Lipinski definition) is 4. The van der Waals surface area contributed by atoms with Gasteiger partial charge in [-0.05, 0) is 71.8 Å². The molecule has 0 amide bonds. The minimum absolute atomic E-state index is 1.24. The SMILES string of the molecule is CCCCCCCCCCCCCCCCc1ccsc1-c1cc2sc(-c3sccc3CCCCCCCCCCCCCCCC)cc2s1. The van der Waals surface area contributed by atoms with E-state index in [-0.39, 0.29) is 0 Å². The summed E-state index contributed by atoms with van der Waals surface area (Å²) < 4.78 is 2.96. The highest BCUT2D eigenvalue weighted by molar-refractivity contribution is 7.33. The van der Waals surface area contributed by atoms with Gasteiger partial charge in [-0.1, -0.05) is 181 Å². The molecule has 0 aliphatic carbocycles. The number of thiophene rings is 4. The van der Waals surface area contributed by atoms with Crippen LogP contribution in [0.4, 0.5) is 0 Å². The van der Waals surface area contributed by atoms with Gasteiger partial charge in [-0.25, -0.2) is 0 Å². The molecule has 280 valence electrons. The maximum Gasteiger partial charge on any atom is 0.0475 e. The van der Waals surface area contributed by atoms with E-state index in [2.05, 4.69) is 48.9 Å². The first kappa shape index (κ1) is 41.8. The van der Waals surface area contributed by atoms with Gasteiger partial charge in [0, 0.05) is 28.9 Å². The van der Waals surface area contributed by atoms with Crippen LogP contribution in [0.15, 0.2) is 35.0 Å². The van der Waals surface area contributed by atoms with Crippen molar-refractivity contribution in [1.29, 1.82) is 0 Å². The summed E-state index contributed by atoms with van der Waals surface area (Å²) in [5.41, 5.74) is 3.16. The molecule has 4 rings (SSSR count). The van der Waals surface area contributed by atoms with Crippen LogP contribution in [-0.4, -0.2) is 0 Å². The smallest absolute Gasteiger partial charge is 0.0475 e. The first-order chi connectivity index (χ1) is 24.8. The third kappa shape index (κ3) is 16.0. The average Bonchev–Trinajstić information content (AvgIpc) is 3.93. The van der Waals surface area contributed by atoms with Crippen LogP contribution in [0.1, 0.15) is 205 Å². The average molecular weight is 753 g/mol. The zero-order valence-electron chi connectivity index (χ0n) is 32.3. The van der Waals surface area contributed by atoms with Crippen LogP contribution in [0.5, 0.6) is 0 Å². The molecule has 0 nitrogen and oxygen atoms in total. The van der Waals surface area contributed by atoms with Crippen LogP contribution in [0.2, 0.25) is 0 Å². The molecule has 0 radical (unpaired) electrons. The maximum absolute atomic E-state index is 2.50. The second-order valence-electron chi connectivity index (χ2n) is 15.2. The zero-order chi connectivity index (χ0) is 34.9. The van der Waals surface area contributed by atoms with E-state index in [0.717, 1.165) is 0 Å². The van der Waals surface area contributed by atoms with Gasteiger partial charge in [-0.3, -0.25) is 0 Å².